The number of carbonyl (C=O) groups is 2. The summed E-state index contributed by atoms with van der Waals surface area (Å²) >= 11 is 0. The van der Waals surface area contributed by atoms with E-state index >= 15 is 0 Å². The number of amides is 2. The number of ether oxygens (including phenoxy) is 1. The van der Waals surface area contributed by atoms with Crippen LogP contribution in [0.3, 0.4) is 0 Å². The molecule has 0 radical (unpaired) electrons. The lowest BCUT2D eigenvalue weighted by Crippen LogP contribution is -2.47. The number of anilines is 1. The molecule has 0 saturated carbocycles. The predicted molar refractivity (Wildman–Crippen MR) is 120 cm³/mol. The predicted octanol–water partition coefficient (Wildman–Crippen LogP) is 6.80. The highest BCUT2D eigenvalue weighted by atomic mass is 19.4. The van der Waals surface area contributed by atoms with Crippen molar-refractivity contribution in [3.8, 4) is 0 Å². The van der Waals surface area contributed by atoms with Crippen LogP contribution in [0.1, 0.15) is 59.2 Å². The van der Waals surface area contributed by atoms with Gasteiger partial charge in [-0.15, -0.1) is 0 Å². The molecule has 1 N–H and O–H groups in total. The fourth-order valence-electron chi connectivity index (χ4n) is 5.30. The van der Waals surface area contributed by atoms with Crippen LogP contribution in [0, 0.1) is 0 Å². The average Bonchev–Trinajstić information content (AvgIpc) is 3.29. The van der Waals surface area contributed by atoms with Gasteiger partial charge in [-0.25, -0.2) is 9.59 Å². The van der Waals surface area contributed by atoms with Crippen molar-refractivity contribution in [2.45, 2.75) is 63.6 Å². The quantitative estimate of drug-likeness (QED) is 0.443. The third-order valence-corrected chi connectivity index (χ3v) is 6.88. The summed E-state index contributed by atoms with van der Waals surface area (Å²) in [6, 6.07) is 3.21. The minimum atomic E-state index is -5.04. The van der Waals surface area contributed by atoms with E-state index < -0.39 is 54.3 Å². The van der Waals surface area contributed by atoms with Gasteiger partial charge in [0.15, 0.2) is 0 Å². The van der Waals surface area contributed by atoms with Gasteiger partial charge < -0.3 is 9.84 Å². The summed E-state index contributed by atoms with van der Waals surface area (Å²) in [6.07, 6.45) is -9.99. The van der Waals surface area contributed by atoms with Crippen molar-refractivity contribution in [1.29, 1.82) is 0 Å². The molecule has 1 heterocycles. The normalized spacial score (nSPS) is 19.3. The molecule has 0 unspecified atom stereocenters. The van der Waals surface area contributed by atoms with Crippen LogP contribution >= 0.6 is 0 Å². The zero-order valence-electron chi connectivity index (χ0n) is 19.9. The molecular formula is C25H24F6N2O4. The maximum Gasteiger partial charge on any atom is 0.416 e. The highest BCUT2D eigenvalue weighted by Gasteiger charge is 2.42. The maximum absolute atomic E-state index is 13.4. The van der Waals surface area contributed by atoms with E-state index in [-0.39, 0.29) is 18.1 Å². The van der Waals surface area contributed by atoms with Crippen molar-refractivity contribution in [1.82, 2.24) is 4.90 Å². The van der Waals surface area contributed by atoms with Gasteiger partial charge in [0.1, 0.15) is 0 Å². The van der Waals surface area contributed by atoms with E-state index in [1.807, 2.05) is 6.07 Å². The number of methoxy groups -OCH3 is 1. The molecule has 2 amide bonds. The fraction of sp³-hybridized carbons (Fsp3) is 0.440. The van der Waals surface area contributed by atoms with Gasteiger partial charge in [0.05, 0.1) is 30.0 Å². The molecule has 4 rings (SSSR count). The van der Waals surface area contributed by atoms with Crippen LogP contribution in [0.2, 0.25) is 0 Å². The molecule has 0 fully saturated rings. The SMILES string of the molecule is COC(=O)N(Cc1cc(C(F)(F)F)cc(C(F)(F)F)c1)[C@H]1C[C@@H](C)N(C(=O)O)c2c1ccc1c2CCC1. The van der Waals surface area contributed by atoms with Crippen molar-refractivity contribution in [2.24, 2.45) is 0 Å². The lowest BCUT2D eigenvalue weighted by atomic mass is 9.87. The van der Waals surface area contributed by atoms with E-state index in [0.717, 1.165) is 36.0 Å². The summed E-state index contributed by atoms with van der Waals surface area (Å²) in [6.45, 7) is 1.03. The number of halogens is 6. The first kappa shape index (κ1) is 26.6. The Hall–Kier alpha value is -3.44. The first-order chi connectivity index (χ1) is 17.2. The molecule has 37 heavy (non-hydrogen) atoms. The summed E-state index contributed by atoms with van der Waals surface area (Å²) in [7, 11) is 1.06. The van der Waals surface area contributed by atoms with Gasteiger partial charge in [0.2, 0.25) is 0 Å². The minimum Gasteiger partial charge on any atom is -0.465 e. The van der Waals surface area contributed by atoms with Crippen molar-refractivity contribution in [2.75, 3.05) is 12.0 Å². The van der Waals surface area contributed by atoms with Gasteiger partial charge in [-0.3, -0.25) is 9.80 Å². The Morgan fingerprint density at radius 3 is 2.22 bits per heavy atom. The molecule has 0 aromatic heterocycles. The van der Waals surface area contributed by atoms with Gasteiger partial charge in [0, 0.05) is 12.6 Å². The van der Waals surface area contributed by atoms with Gasteiger partial charge in [-0.1, -0.05) is 12.1 Å². The highest BCUT2D eigenvalue weighted by molar-refractivity contribution is 5.91. The summed E-state index contributed by atoms with van der Waals surface area (Å²) < 4.78 is 85.3. The molecule has 2 aromatic rings. The molecule has 200 valence electrons. The Labute approximate surface area is 208 Å². The topological polar surface area (TPSA) is 70.1 Å². The van der Waals surface area contributed by atoms with E-state index in [9.17, 15) is 41.0 Å². The number of alkyl halides is 6. The van der Waals surface area contributed by atoms with Crippen molar-refractivity contribution >= 4 is 17.9 Å². The molecule has 2 atom stereocenters. The molecule has 12 heteroatoms. The molecule has 1 aliphatic heterocycles. The van der Waals surface area contributed by atoms with E-state index in [2.05, 4.69) is 0 Å². The molecule has 0 bridgehead atoms. The number of carbonyl (C=O) groups excluding carboxylic acids is 1. The van der Waals surface area contributed by atoms with Crippen LogP contribution < -0.4 is 4.90 Å². The second-order valence-electron chi connectivity index (χ2n) is 9.26. The number of aryl methyl sites for hydroxylation is 1. The molecular weight excluding hydrogens is 506 g/mol. The van der Waals surface area contributed by atoms with Gasteiger partial charge in [0.25, 0.3) is 0 Å². The van der Waals surface area contributed by atoms with Crippen LogP contribution in [0.15, 0.2) is 30.3 Å². The average molecular weight is 530 g/mol. The Morgan fingerprint density at radius 1 is 1.05 bits per heavy atom. The van der Waals surface area contributed by atoms with Crippen molar-refractivity contribution in [3.63, 3.8) is 0 Å². The van der Waals surface area contributed by atoms with Crippen LogP contribution in [-0.4, -0.2) is 35.3 Å². The Balaban J connectivity index is 1.84. The number of nitrogens with zero attached hydrogens (tertiary/aromatic N) is 2. The summed E-state index contributed by atoms with van der Waals surface area (Å²) in [5.74, 6) is 0. The molecule has 2 aromatic carbocycles. The molecule has 1 aliphatic carbocycles. The largest absolute Gasteiger partial charge is 0.465 e. The molecule has 2 aliphatic rings. The van der Waals surface area contributed by atoms with E-state index in [1.165, 1.54) is 4.90 Å². The number of hydrogen-bond donors (Lipinski definition) is 1. The Bertz CT molecular complexity index is 1190. The second kappa shape index (κ2) is 9.46. The number of fused-ring (bicyclic) bond motifs is 3. The highest BCUT2D eigenvalue weighted by Crippen LogP contribution is 2.46. The third-order valence-electron chi connectivity index (χ3n) is 6.88. The second-order valence-corrected chi connectivity index (χ2v) is 9.26. The van der Waals surface area contributed by atoms with E-state index in [4.69, 9.17) is 4.74 Å². The van der Waals surface area contributed by atoms with Crippen LogP contribution in [-0.2, 0) is 36.5 Å². The number of hydrogen-bond acceptors (Lipinski definition) is 3. The van der Waals surface area contributed by atoms with Crippen molar-refractivity contribution < 1.29 is 45.8 Å². The number of benzene rings is 2. The summed E-state index contributed by atoms with van der Waals surface area (Å²) in [5.41, 5.74) is -0.711. The maximum atomic E-state index is 13.4. The molecule has 6 nitrogen and oxygen atoms in total. The first-order valence-corrected chi connectivity index (χ1v) is 11.5. The van der Waals surface area contributed by atoms with Gasteiger partial charge in [-0.2, -0.15) is 26.3 Å². The minimum absolute atomic E-state index is 0.0258. The smallest absolute Gasteiger partial charge is 0.416 e. The molecule has 0 spiro atoms. The Morgan fingerprint density at radius 2 is 1.68 bits per heavy atom. The van der Waals surface area contributed by atoms with Crippen molar-refractivity contribution in [3.05, 3.63) is 63.7 Å². The zero-order chi connectivity index (χ0) is 27.3. The third kappa shape index (κ3) is 5.05. The monoisotopic (exact) mass is 530 g/mol. The van der Waals surface area contributed by atoms with Crippen LogP contribution in [0.25, 0.3) is 0 Å². The standard InChI is InChI=1S/C25H24F6N2O4/c1-13-8-20(19-7-6-15-4-3-5-18(15)21(19)33(13)22(34)35)32(23(36)37-2)12-14-9-16(24(26,27)28)11-17(10-14)25(29,30)31/h6-7,9-11,13,20H,3-5,8,12H2,1-2H3,(H,34,35)/t13-,20+/m1/s1. The Kier molecular flexibility index (Phi) is 6.80. The first-order valence-electron chi connectivity index (χ1n) is 11.5. The lowest BCUT2D eigenvalue weighted by molar-refractivity contribution is -0.143. The zero-order valence-corrected chi connectivity index (χ0v) is 19.9. The fourth-order valence-corrected chi connectivity index (χ4v) is 5.30. The van der Waals surface area contributed by atoms with Crippen LogP contribution in [0.5, 0.6) is 0 Å². The molecule has 0 saturated heterocycles. The summed E-state index contributed by atoms with van der Waals surface area (Å²) in [5, 5.41) is 9.92. The van der Waals surface area contributed by atoms with Gasteiger partial charge in [-0.05, 0) is 73.1 Å². The lowest BCUT2D eigenvalue weighted by Gasteiger charge is -2.43. The number of carboxylic acid groups (broad SMARTS) is 1. The number of rotatable bonds is 3. The summed E-state index contributed by atoms with van der Waals surface area (Å²) in [4.78, 5) is 27.3. The van der Waals surface area contributed by atoms with E-state index in [0.29, 0.717) is 29.8 Å². The van der Waals surface area contributed by atoms with Crippen LogP contribution in [0.4, 0.5) is 41.6 Å². The van der Waals surface area contributed by atoms with E-state index in [1.54, 1.807) is 13.0 Å². The van der Waals surface area contributed by atoms with Gasteiger partial charge >= 0.3 is 24.5 Å².